The molecule has 4 rings (SSSR count). The Hall–Kier alpha value is -2.95. The molecule has 1 aromatic carbocycles. The highest BCUT2D eigenvalue weighted by molar-refractivity contribution is 14.2. The molecule has 0 aliphatic carbocycles. The largest absolute Gasteiger partial charge is 0.352 e. The zero-order valence-corrected chi connectivity index (χ0v) is 23.2. The van der Waals surface area contributed by atoms with Crippen molar-refractivity contribution in [3.8, 4) is 6.07 Å². The summed E-state index contributed by atoms with van der Waals surface area (Å²) in [4.78, 5) is 13.6. The molecule has 0 fully saturated rings. The smallest absolute Gasteiger partial charge is 0.263 e. The van der Waals surface area contributed by atoms with Crippen LogP contribution in [-0.2, 0) is 11.0 Å². The van der Waals surface area contributed by atoms with E-state index in [-0.39, 0.29) is 11.3 Å². The fourth-order valence-electron chi connectivity index (χ4n) is 3.45. The molecule has 0 amide bonds. The number of hydrogen-bond acceptors (Lipinski definition) is 7. The molecule has 0 bridgehead atoms. The Balaban J connectivity index is 1.85. The second-order valence-electron chi connectivity index (χ2n) is 7.57. The third kappa shape index (κ3) is 5.40. The topological polar surface area (TPSA) is 112 Å². The molecule has 36 heavy (non-hydrogen) atoms. The number of rotatable bonds is 8. The molecule has 0 aliphatic heterocycles. The fourth-order valence-corrected chi connectivity index (χ4v) is 6.02. The van der Waals surface area contributed by atoms with Gasteiger partial charge in [0.2, 0.25) is 0 Å². The van der Waals surface area contributed by atoms with Gasteiger partial charge in [-0.25, -0.2) is 27.9 Å². The number of aromatic nitrogens is 4. The van der Waals surface area contributed by atoms with Crippen molar-refractivity contribution in [3.63, 3.8) is 0 Å². The molecule has 3 heterocycles. The standard InChI is InChI=1S/C22H20F2IN8OPS/c1-12-27-20-16(29-15-8-7-13(21(23)24)9-17(15)32(2)36(3)34)10-19(31-22(20)33(12)35-25)30-18-6-4-5-14(11-26)28-18/h4-10,21,35H,1-3H3,(H2,28,29,30,31). The SMILES string of the molecule is Cc1nc2c(Nc3ccc(C(F)F)cc3N(C)S(C)=O)cc(Nc3cccc(C#N)n3)nc2n1PI. The van der Waals surface area contributed by atoms with Crippen molar-refractivity contribution < 1.29 is 13.0 Å². The van der Waals surface area contributed by atoms with Gasteiger partial charge in [0.1, 0.15) is 45.7 Å². The number of aryl methyl sites for hydroxylation is 1. The molecular formula is C22H20F2IN8OPS. The highest BCUT2D eigenvalue weighted by Crippen LogP contribution is 2.38. The molecule has 0 radical (unpaired) electrons. The van der Waals surface area contributed by atoms with Crippen molar-refractivity contribution in [3.05, 3.63) is 59.5 Å². The summed E-state index contributed by atoms with van der Waals surface area (Å²) in [6.45, 7) is 1.87. The Morgan fingerprint density at radius 2 is 1.92 bits per heavy atom. The van der Waals surface area contributed by atoms with Crippen LogP contribution in [0.15, 0.2) is 42.5 Å². The van der Waals surface area contributed by atoms with Crippen LogP contribution in [0.5, 0.6) is 0 Å². The van der Waals surface area contributed by atoms with Gasteiger partial charge in [0.05, 0.1) is 23.4 Å². The van der Waals surface area contributed by atoms with Crippen molar-refractivity contribution in [1.82, 2.24) is 19.3 Å². The molecule has 2 atom stereocenters. The van der Waals surface area contributed by atoms with Crippen LogP contribution in [0.3, 0.4) is 0 Å². The van der Waals surface area contributed by atoms with Gasteiger partial charge in [-0.3, -0.25) is 8.64 Å². The van der Waals surface area contributed by atoms with Gasteiger partial charge < -0.3 is 10.6 Å². The van der Waals surface area contributed by atoms with Crippen molar-refractivity contribution in [2.24, 2.45) is 0 Å². The second kappa shape index (κ2) is 11.0. The Bertz CT molecular complexity index is 1510. The maximum atomic E-state index is 13.4. The maximum Gasteiger partial charge on any atom is 0.263 e. The zero-order chi connectivity index (χ0) is 26.0. The highest BCUT2D eigenvalue weighted by atomic mass is 127. The van der Waals surface area contributed by atoms with Gasteiger partial charge >= 0.3 is 0 Å². The van der Waals surface area contributed by atoms with E-state index in [1.54, 1.807) is 31.3 Å². The van der Waals surface area contributed by atoms with Crippen LogP contribution in [0.4, 0.5) is 37.5 Å². The number of hydrogen-bond donors (Lipinski definition) is 2. The van der Waals surface area contributed by atoms with E-state index >= 15 is 0 Å². The molecule has 186 valence electrons. The Kier molecular flexibility index (Phi) is 7.97. The average molecular weight is 640 g/mol. The predicted molar refractivity (Wildman–Crippen MR) is 149 cm³/mol. The lowest BCUT2D eigenvalue weighted by molar-refractivity contribution is 0.151. The number of fused-ring (bicyclic) bond motifs is 1. The summed E-state index contributed by atoms with van der Waals surface area (Å²) in [5.74, 6) is 1.64. The fraction of sp³-hybridized carbons (Fsp3) is 0.182. The van der Waals surface area contributed by atoms with Crippen LogP contribution in [0.1, 0.15) is 23.5 Å². The summed E-state index contributed by atoms with van der Waals surface area (Å²) in [5, 5.41) is 15.6. The minimum atomic E-state index is -2.67. The van der Waals surface area contributed by atoms with Crippen LogP contribution in [0, 0.1) is 18.3 Å². The number of benzene rings is 1. The molecule has 2 unspecified atom stereocenters. The van der Waals surface area contributed by atoms with E-state index in [4.69, 9.17) is 10.2 Å². The van der Waals surface area contributed by atoms with E-state index < -0.39 is 17.4 Å². The number of alkyl halides is 2. The third-order valence-corrected chi connectivity index (χ3v) is 8.38. The van der Waals surface area contributed by atoms with E-state index in [2.05, 4.69) is 42.6 Å². The maximum absolute atomic E-state index is 13.4. The lowest BCUT2D eigenvalue weighted by atomic mass is 10.1. The first-order valence-corrected chi connectivity index (χ1v) is 16.0. The van der Waals surface area contributed by atoms with Crippen molar-refractivity contribution in [1.29, 1.82) is 5.26 Å². The third-order valence-electron chi connectivity index (χ3n) is 5.26. The summed E-state index contributed by atoms with van der Waals surface area (Å²) in [7, 11) is 0.130. The molecule has 3 aromatic heterocycles. The van der Waals surface area contributed by atoms with Gasteiger partial charge in [0, 0.05) is 24.9 Å². The minimum Gasteiger partial charge on any atom is -0.352 e. The number of nitriles is 1. The van der Waals surface area contributed by atoms with Crippen molar-refractivity contribution >= 4 is 79.3 Å². The number of imidazole rings is 1. The summed E-state index contributed by atoms with van der Waals surface area (Å²) in [5.41, 5.74) is 2.68. The van der Waals surface area contributed by atoms with Crippen LogP contribution in [0.2, 0.25) is 0 Å². The van der Waals surface area contributed by atoms with Gasteiger partial charge in [-0.2, -0.15) is 5.26 Å². The number of nitrogens with one attached hydrogen (secondary N) is 2. The van der Waals surface area contributed by atoms with Gasteiger partial charge in [0.15, 0.2) is 5.65 Å². The Labute approximate surface area is 223 Å². The quantitative estimate of drug-likeness (QED) is 0.181. The molecule has 0 aliphatic rings. The number of nitrogens with zero attached hydrogens (tertiary/aromatic N) is 6. The van der Waals surface area contributed by atoms with Gasteiger partial charge in [-0.1, -0.05) is 12.1 Å². The highest BCUT2D eigenvalue weighted by Gasteiger charge is 2.19. The van der Waals surface area contributed by atoms with Crippen LogP contribution in [0.25, 0.3) is 11.2 Å². The minimum absolute atomic E-state index is 0.176. The van der Waals surface area contributed by atoms with E-state index in [0.29, 0.717) is 46.2 Å². The van der Waals surface area contributed by atoms with E-state index in [0.717, 1.165) is 5.82 Å². The lowest BCUT2D eigenvalue weighted by Gasteiger charge is -2.21. The molecule has 4 aromatic rings. The van der Waals surface area contributed by atoms with Crippen LogP contribution in [-0.4, -0.2) is 36.8 Å². The van der Waals surface area contributed by atoms with Gasteiger partial charge in [-0.15, -0.1) is 0 Å². The van der Waals surface area contributed by atoms with Crippen LogP contribution >= 0.6 is 28.4 Å². The first-order chi connectivity index (χ1) is 17.2. The van der Waals surface area contributed by atoms with Crippen LogP contribution < -0.4 is 14.9 Å². The normalized spacial score (nSPS) is 12.3. The Morgan fingerprint density at radius 1 is 1.14 bits per heavy atom. The van der Waals surface area contributed by atoms with E-state index in [9.17, 15) is 13.0 Å². The first kappa shape index (κ1) is 26.1. The lowest BCUT2D eigenvalue weighted by Crippen LogP contribution is -2.20. The zero-order valence-electron chi connectivity index (χ0n) is 19.3. The summed E-state index contributed by atoms with van der Waals surface area (Å²) in [6.07, 6.45) is -0.860. The second-order valence-corrected chi connectivity index (χ2v) is 11.0. The summed E-state index contributed by atoms with van der Waals surface area (Å²) in [6, 6.07) is 12.9. The number of pyridine rings is 2. The van der Waals surface area contributed by atoms with Gasteiger partial charge in [-0.05, 0) is 53.2 Å². The van der Waals surface area contributed by atoms with E-state index in [1.165, 1.54) is 28.8 Å². The molecule has 2 N–H and O–H groups in total. The first-order valence-electron chi connectivity index (χ1n) is 10.4. The number of halogens is 3. The summed E-state index contributed by atoms with van der Waals surface area (Å²) < 4.78 is 42.4. The summed E-state index contributed by atoms with van der Waals surface area (Å²) >= 11 is 2.24. The van der Waals surface area contributed by atoms with E-state index in [1.807, 2.05) is 17.3 Å². The molecule has 0 spiro atoms. The molecule has 0 saturated carbocycles. The van der Waals surface area contributed by atoms with Crippen molar-refractivity contribution in [2.75, 3.05) is 28.2 Å². The molecule has 0 saturated heterocycles. The van der Waals surface area contributed by atoms with Gasteiger partial charge in [0.25, 0.3) is 6.43 Å². The van der Waals surface area contributed by atoms with Crippen molar-refractivity contribution in [2.45, 2.75) is 13.3 Å². The Morgan fingerprint density at radius 3 is 2.58 bits per heavy atom. The predicted octanol–water partition coefficient (Wildman–Crippen LogP) is 5.95. The number of anilines is 5. The average Bonchev–Trinajstić information content (AvgIpc) is 3.18. The monoisotopic (exact) mass is 640 g/mol. The molecule has 14 heteroatoms. The molecular weight excluding hydrogens is 620 g/mol. The molecule has 9 nitrogen and oxygen atoms in total.